The van der Waals surface area contributed by atoms with Crippen molar-refractivity contribution < 1.29 is 19.7 Å². The maximum atomic E-state index is 12.1. The van der Waals surface area contributed by atoms with Crippen LogP contribution >= 0.6 is 0 Å². The predicted octanol–water partition coefficient (Wildman–Crippen LogP) is 1.24. The van der Waals surface area contributed by atoms with Gasteiger partial charge in [0, 0.05) is 6.54 Å². The number of hydrogen-bond donors (Lipinski definition) is 1. The van der Waals surface area contributed by atoms with E-state index in [1.807, 2.05) is 30.3 Å². The first-order chi connectivity index (χ1) is 8.64. The molecule has 1 amide bonds. The predicted molar refractivity (Wildman–Crippen MR) is 63.6 cm³/mol. The molecule has 1 heterocycles. The number of rotatable bonds is 4. The first-order valence-electron chi connectivity index (χ1n) is 5.83. The number of benzene rings is 1. The van der Waals surface area contributed by atoms with Crippen LogP contribution in [0.1, 0.15) is 18.9 Å². The van der Waals surface area contributed by atoms with Crippen LogP contribution in [0.3, 0.4) is 0 Å². The van der Waals surface area contributed by atoms with Gasteiger partial charge in [-0.15, -0.1) is 0 Å². The number of amides is 1. The largest absolute Gasteiger partial charge is 0.328 e. The van der Waals surface area contributed by atoms with E-state index in [0.29, 0.717) is 6.54 Å². The molecule has 1 atom stereocenters. The third-order valence-electron chi connectivity index (χ3n) is 3.29. The highest BCUT2D eigenvalue weighted by molar-refractivity contribution is 6.15. The average molecular weight is 249 g/mol. The molecule has 0 bridgehead atoms. The molecule has 0 aromatic heterocycles. The van der Waals surface area contributed by atoms with Crippen molar-refractivity contribution in [1.29, 1.82) is 0 Å². The molecule has 5 nitrogen and oxygen atoms in total. The number of nitrogens with zero attached hydrogens (tertiary/aromatic N) is 1. The second kappa shape index (κ2) is 4.88. The Balaban J connectivity index is 2.18. The van der Waals surface area contributed by atoms with Gasteiger partial charge in [-0.1, -0.05) is 37.3 Å². The lowest BCUT2D eigenvalue weighted by Crippen LogP contribution is -2.45. The number of carbonyl (C=O) groups excluding carboxylic acids is 2. The van der Waals surface area contributed by atoms with Crippen molar-refractivity contribution in [1.82, 2.24) is 4.90 Å². The molecule has 0 spiro atoms. The minimum absolute atomic E-state index is 0.0257. The topological polar surface area (TPSA) is 66.8 Å². The summed E-state index contributed by atoms with van der Waals surface area (Å²) in [6, 6.07) is 9.38. The van der Waals surface area contributed by atoms with Crippen LogP contribution in [0, 0.1) is 0 Å². The molecule has 1 unspecified atom stereocenters. The molecule has 18 heavy (non-hydrogen) atoms. The van der Waals surface area contributed by atoms with Crippen LogP contribution in [0.25, 0.3) is 0 Å². The molecule has 1 N–H and O–H groups in total. The van der Waals surface area contributed by atoms with Crippen molar-refractivity contribution in [3.05, 3.63) is 35.9 Å². The molecule has 2 rings (SSSR count). The average Bonchev–Trinajstić information content (AvgIpc) is 2.63. The number of carbonyl (C=O) groups is 2. The molecular formula is C13H15NO4. The van der Waals surface area contributed by atoms with E-state index in [1.54, 1.807) is 6.92 Å². The second-order valence-corrected chi connectivity index (χ2v) is 4.34. The van der Waals surface area contributed by atoms with Crippen LogP contribution in [0.4, 0.5) is 0 Å². The molecule has 1 aromatic rings. The van der Waals surface area contributed by atoms with Gasteiger partial charge in [-0.25, -0.2) is 4.89 Å². The van der Waals surface area contributed by atoms with E-state index in [0.717, 1.165) is 5.56 Å². The summed E-state index contributed by atoms with van der Waals surface area (Å²) in [6.45, 7) is 1.96. The fourth-order valence-electron chi connectivity index (χ4n) is 2.18. The van der Waals surface area contributed by atoms with Gasteiger partial charge in [-0.05, 0) is 12.0 Å². The van der Waals surface area contributed by atoms with Gasteiger partial charge in [0.15, 0.2) is 5.78 Å². The van der Waals surface area contributed by atoms with Crippen LogP contribution in [0.15, 0.2) is 30.3 Å². The zero-order valence-electron chi connectivity index (χ0n) is 10.1. The Hall–Kier alpha value is -1.72. The fraction of sp³-hybridized carbons (Fsp3) is 0.385. The van der Waals surface area contributed by atoms with Crippen LogP contribution in [0.2, 0.25) is 0 Å². The lowest BCUT2D eigenvalue weighted by molar-refractivity contribution is -0.299. The summed E-state index contributed by atoms with van der Waals surface area (Å²) in [5, 5.41) is 8.87. The lowest BCUT2D eigenvalue weighted by Gasteiger charge is -2.21. The molecule has 96 valence electrons. The maximum Gasteiger partial charge on any atom is 0.266 e. The smallest absolute Gasteiger partial charge is 0.266 e. The molecule has 5 heteroatoms. The van der Waals surface area contributed by atoms with Gasteiger partial charge in [0.1, 0.15) is 0 Å². The molecule has 0 radical (unpaired) electrons. The SMILES string of the molecule is CCC1(OO)C(=O)CN(Cc2ccccc2)C1=O. The Bertz CT molecular complexity index is 453. The molecule has 1 aliphatic heterocycles. The molecule has 0 aliphatic carbocycles. The summed E-state index contributed by atoms with van der Waals surface area (Å²) in [5.41, 5.74) is -0.766. The van der Waals surface area contributed by atoms with E-state index in [1.165, 1.54) is 4.90 Å². The van der Waals surface area contributed by atoms with Gasteiger partial charge in [-0.2, -0.15) is 0 Å². The number of Topliss-reactive ketones (excluding diaryl/α,β-unsaturated/α-hetero) is 1. The van der Waals surface area contributed by atoms with Crippen molar-refractivity contribution in [2.24, 2.45) is 0 Å². The second-order valence-electron chi connectivity index (χ2n) is 4.34. The summed E-state index contributed by atoms with van der Waals surface area (Å²) in [4.78, 5) is 29.5. The molecule has 0 saturated carbocycles. The third kappa shape index (κ3) is 1.91. The van der Waals surface area contributed by atoms with Crippen molar-refractivity contribution in [2.75, 3.05) is 6.54 Å². The molecule has 1 aromatic carbocycles. The molecule has 1 saturated heterocycles. The van der Waals surface area contributed by atoms with Crippen LogP contribution in [0.5, 0.6) is 0 Å². The van der Waals surface area contributed by atoms with Gasteiger partial charge >= 0.3 is 0 Å². The summed E-state index contributed by atoms with van der Waals surface area (Å²) in [5.74, 6) is -0.866. The van der Waals surface area contributed by atoms with Gasteiger partial charge in [0.05, 0.1) is 6.54 Å². The molecule has 1 aliphatic rings. The Labute approximate surface area is 105 Å². The highest BCUT2D eigenvalue weighted by Crippen LogP contribution is 2.27. The van der Waals surface area contributed by atoms with E-state index in [-0.39, 0.29) is 13.0 Å². The van der Waals surface area contributed by atoms with Gasteiger partial charge < -0.3 is 4.90 Å². The third-order valence-corrected chi connectivity index (χ3v) is 3.29. The Kier molecular flexibility index (Phi) is 3.45. The van der Waals surface area contributed by atoms with Crippen LogP contribution < -0.4 is 0 Å². The maximum absolute atomic E-state index is 12.1. The first-order valence-corrected chi connectivity index (χ1v) is 5.83. The normalized spacial score (nSPS) is 23.8. The lowest BCUT2D eigenvalue weighted by atomic mass is 9.98. The molecular weight excluding hydrogens is 234 g/mol. The van der Waals surface area contributed by atoms with Gasteiger partial charge in [-0.3, -0.25) is 14.8 Å². The summed E-state index contributed by atoms with van der Waals surface area (Å²) >= 11 is 0. The minimum Gasteiger partial charge on any atom is -0.328 e. The number of ketones is 1. The van der Waals surface area contributed by atoms with Gasteiger partial charge in [0.2, 0.25) is 5.60 Å². The van der Waals surface area contributed by atoms with Crippen molar-refractivity contribution in [3.8, 4) is 0 Å². The highest BCUT2D eigenvalue weighted by atomic mass is 17.1. The Morgan fingerprint density at radius 1 is 1.33 bits per heavy atom. The standard InChI is InChI=1S/C13H15NO4/c1-2-13(18-17)11(15)9-14(12(13)16)8-10-6-4-3-5-7-10/h3-7,17H,2,8-9H2,1H3. The van der Waals surface area contributed by atoms with Gasteiger partial charge in [0.25, 0.3) is 5.91 Å². The summed E-state index contributed by atoms with van der Waals surface area (Å²) in [6.07, 6.45) is 0.131. The Morgan fingerprint density at radius 3 is 2.50 bits per heavy atom. The highest BCUT2D eigenvalue weighted by Gasteiger charge is 2.54. The first kappa shape index (κ1) is 12.7. The van der Waals surface area contributed by atoms with Crippen molar-refractivity contribution >= 4 is 11.7 Å². The summed E-state index contributed by atoms with van der Waals surface area (Å²) < 4.78 is 0. The molecule has 1 fully saturated rings. The monoisotopic (exact) mass is 249 g/mol. The van der Waals surface area contributed by atoms with E-state index < -0.39 is 17.3 Å². The van der Waals surface area contributed by atoms with E-state index >= 15 is 0 Å². The van der Waals surface area contributed by atoms with Crippen LogP contribution in [-0.4, -0.2) is 34.0 Å². The minimum atomic E-state index is -1.70. The Morgan fingerprint density at radius 2 is 2.00 bits per heavy atom. The zero-order valence-corrected chi connectivity index (χ0v) is 10.1. The quantitative estimate of drug-likeness (QED) is 0.495. The number of likely N-dealkylation sites (tertiary alicyclic amines) is 1. The van der Waals surface area contributed by atoms with Crippen molar-refractivity contribution in [2.45, 2.75) is 25.5 Å². The summed E-state index contributed by atoms with van der Waals surface area (Å²) in [7, 11) is 0. The number of hydrogen-bond acceptors (Lipinski definition) is 4. The van der Waals surface area contributed by atoms with E-state index in [9.17, 15) is 9.59 Å². The van der Waals surface area contributed by atoms with Crippen LogP contribution in [-0.2, 0) is 21.0 Å². The fourth-order valence-corrected chi connectivity index (χ4v) is 2.18. The zero-order chi connectivity index (χ0) is 13.2. The van der Waals surface area contributed by atoms with E-state index in [2.05, 4.69) is 4.89 Å². The van der Waals surface area contributed by atoms with E-state index in [4.69, 9.17) is 5.26 Å². The van der Waals surface area contributed by atoms with Crippen molar-refractivity contribution in [3.63, 3.8) is 0 Å².